The summed E-state index contributed by atoms with van der Waals surface area (Å²) in [5.41, 5.74) is 1.63. The second-order valence-electron chi connectivity index (χ2n) is 2.75. The molecule has 1 aromatic heterocycles. The molecular weight excluding hydrogens is 343 g/mol. The summed E-state index contributed by atoms with van der Waals surface area (Å²) in [5, 5.41) is 16.6. The summed E-state index contributed by atoms with van der Waals surface area (Å²) in [6.45, 7) is 0. The van der Waals surface area contributed by atoms with Crippen LogP contribution < -0.4 is 4.74 Å². The summed E-state index contributed by atoms with van der Waals surface area (Å²) in [4.78, 5) is 11.0. The van der Waals surface area contributed by atoms with Gasteiger partial charge >= 0.3 is 5.97 Å². The molecule has 0 unspecified atom stereocenters. The molecule has 0 saturated carbocycles. The molecule has 0 spiro atoms. The molecule has 0 saturated heterocycles. The van der Waals surface area contributed by atoms with E-state index in [1.807, 2.05) is 22.6 Å². The highest BCUT2D eigenvalue weighted by atomic mass is 127. The molecule has 0 bridgehead atoms. The Morgan fingerprint density at radius 2 is 2.31 bits per heavy atom. The van der Waals surface area contributed by atoms with Crippen molar-refractivity contribution in [3.63, 3.8) is 0 Å². The Kier molecular flexibility index (Phi) is 3.34. The monoisotopic (exact) mass is 348 g/mol. The Bertz CT molecular complexity index is 515. The van der Waals surface area contributed by atoms with E-state index in [1.165, 1.54) is 16.8 Å². The molecule has 5 nitrogen and oxygen atoms in total. The smallest absolute Gasteiger partial charge is 0.339 e. The number of hydrogen-bond donors (Lipinski definition) is 1. The Balaban J connectivity index is 2.36. The first-order valence-electron chi connectivity index (χ1n) is 4.13. The lowest BCUT2D eigenvalue weighted by molar-refractivity contribution is 0.0694. The number of nitrogens with zero attached hydrogens (tertiary/aromatic N) is 2. The van der Waals surface area contributed by atoms with Crippen molar-refractivity contribution in [2.45, 2.75) is 0 Å². The highest BCUT2D eigenvalue weighted by molar-refractivity contribution is 14.1. The summed E-state index contributed by atoms with van der Waals surface area (Å²) >= 11 is 3.24. The standard InChI is InChI=1S/C9H5IN2O3S/c10-5-1-2-7(6(3-5)8(13)14)15-9-12-11-4-16-9/h1-4H,(H,13,14). The highest BCUT2D eigenvalue weighted by Gasteiger charge is 2.13. The van der Waals surface area contributed by atoms with Crippen molar-refractivity contribution < 1.29 is 14.6 Å². The number of carboxylic acids is 1. The normalized spacial score (nSPS) is 10.1. The molecule has 2 rings (SSSR count). The quantitative estimate of drug-likeness (QED) is 0.864. The first-order chi connectivity index (χ1) is 7.66. The van der Waals surface area contributed by atoms with Crippen LogP contribution in [0.2, 0.25) is 0 Å². The van der Waals surface area contributed by atoms with Crippen molar-refractivity contribution in [2.24, 2.45) is 0 Å². The van der Waals surface area contributed by atoms with Gasteiger partial charge in [0.1, 0.15) is 16.8 Å². The second-order valence-corrected chi connectivity index (χ2v) is 4.79. The fourth-order valence-corrected chi connectivity index (χ4v) is 1.97. The van der Waals surface area contributed by atoms with E-state index >= 15 is 0 Å². The molecule has 0 fully saturated rings. The van der Waals surface area contributed by atoms with Crippen LogP contribution in [-0.4, -0.2) is 21.3 Å². The molecule has 82 valence electrons. The van der Waals surface area contributed by atoms with Crippen molar-refractivity contribution in [1.29, 1.82) is 0 Å². The molecule has 0 aliphatic heterocycles. The Hall–Kier alpha value is -1.22. The SMILES string of the molecule is O=C(O)c1cc(I)ccc1Oc1nncs1. The Morgan fingerprint density at radius 3 is 2.94 bits per heavy atom. The van der Waals surface area contributed by atoms with E-state index in [0.717, 1.165) is 3.57 Å². The van der Waals surface area contributed by atoms with Crippen LogP contribution in [0.4, 0.5) is 0 Å². The number of halogens is 1. The predicted octanol–water partition coefficient (Wildman–Crippen LogP) is 2.63. The van der Waals surface area contributed by atoms with E-state index < -0.39 is 5.97 Å². The molecule has 1 heterocycles. The van der Waals surface area contributed by atoms with Gasteiger partial charge in [0.2, 0.25) is 0 Å². The molecule has 0 aliphatic carbocycles. The van der Waals surface area contributed by atoms with E-state index in [0.29, 0.717) is 5.19 Å². The topological polar surface area (TPSA) is 72.3 Å². The summed E-state index contributed by atoms with van der Waals surface area (Å²) < 4.78 is 6.16. The van der Waals surface area contributed by atoms with Gasteiger partial charge in [0.15, 0.2) is 0 Å². The maximum Gasteiger partial charge on any atom is 0.339 e. The van der Waals surface area contributed by atoms with Crippen LogP contribution in [0.1, 0.15) is 10.4 Å². The molecule has 2 aromatic rings. The van der Waals surface area contributed by atoms with Gasteiger partial charge in [-0.15, -0.1) is 5.10 Å². The maximum absolute atomic E-state index is 11.0. The van der Waals surface area contributed by atoms with Crippen molar-refractivity contribution >= 4 is 39.9 Å². The van der Waals surface area contributed by atoms with E-state index in [2.05, 4.69) is 10.2 Å². The minimum absolute atomic E-state index is 0.113. The van der Waals surface area contributed by atoms with Crippen molar-refractivity contribution in [3.05, 3.63) is 32.8 Å². The van der Waals surface area contributed by atoms with Gasteiger partial charge in [0.25, 0.3) is 5.19 Å². The zero-order valence-electron chi connectivity index (χ0n) is 7.75. The van der Waals surface area contributed by atoms with Crippen molar-refractivity contribution in [3.8, 4) is 10.9 Å². The molecule has 1 N–H and O–H groups in total. The number of ether oxygens (including phenoxy) is 1. The average Bonchev–Trinajstić information content (AvgIpc) is 2.73. The van der Waals surface area contributed by atoms with Gasteiger partial charge < -0.3 is 9.84 Å². The van der Waals surface area contributed by atoms with Crippen LogP contribution in [0.25, 0.3) is 0 Å². The lowest BCUT2D eigenvalue weighted by Crippen LogP contribution is -2.00. The number of aromatic carboxylic acids is 1. The maximum atomic E-state index is 11.0. The van der Waals surface area contributed by atoms with E-state index in [9.17, 15) is 4.79 Å². The minimum atomic E-state index is -1.03. The van der Waals surface area contributed by atoms with Gasteiger partial charge in [0, 0.05) is 3.57 Å². The Morgan fingerprint density at radius 1 is 1.50 bits per heavy atom. The Labute approximate surface area is 108 Å². The van der Waals surface area contributed by atoms with E-state index in [1.54, 1.807) is 18.2 Å². The number of carbonyl (C=O) groups is 1. The molecular formula is C9H5IN2O3S. The molecule has 1 aromatic carbocycles. The summed E-state index contributed by atoms with van der Waals surface area (Å²) in [6, 6.07) is 4.91. The number of aromatic nitrogens is 2. The second kappa shape index (κ2) is 4.74. The van der Waals surface area contributed by atoms with Crippen LogP contribution in [0, 0.1) is 3.57 Å². The van der Waals surface area contributed by atoms with Gasteiger partial charge in [-0.1, -0.05) is 16.4 Å². The van der Waals surface area contributed by atoms with Crippen molar-refractivity contribution in [1.82, 2.24) is 10.2 Å². The zero-order chi connectivity index (χ0) is 11.5. The van der Waals surface area contributed by atoms with Crippen LogP contribution in [0.5, 0.6) is 10.9 Å². The first kappa shape index (κ1) is 11.3. The van der Waals surface area contributed by atoms with Gasteiger partial charge in [-0.3, -0.25) is 0 Å². The van der Waals surface area contributed by atoms with E-state index in [4.69, 9.17) is 9.84 Å². The van der Waals surface area contributed by atoms with Crippen molar-refractivity contribution in [2.75, 3.05) is 0 Å². The molecule has 0 amide bonds. The molecule has 16 heavy (non-hydrogen) atoms. The fourth-order valence-electron chi connectivity index (χ4n) is 1.06. The fraction of sp³-hybridized carbons (Fsp3) is 0. The third-order valence-corrected chi connectivity index (χ3v) is 2.95. The van der Waals surface area contributed by atoms with Crippen LogP contribution >= 0.6 is 33.9 Å². The zero-order valence-corrected chi connectivity index (χ0v) is 10.7. The van der Waals surface area contributed by atoms with Gasteiger partial charge in [-0.2, -0.15) is 0 Å². The summed E-state index contributed by atoms with van der Waals surface area (Å²) in [7, 11) is 0. The molecule has 0 atom stereocenters. The summed E-state index contributed by atoms with van der Waals surface area (Å²) in [5.74, 6) is -0.761. The molecule has 0 aliphatic rings. The van der Waals surface area contributed by atoms with Gasteiger partial charge in [-0.25, -0.2) is 4.79 Å². The average molecular weight is 348 g/mol. The predicted molar refractivity (Wildman–Crippen MR) is 66.1 cm³/mol. The molecule has 7 heteroatoms. The number of benzene rings is 1. The first-order valence-corrected chi connectivity index (χ1v) is 6.09. The highest BCUT2D eigenvalue weighted by Crippen LogP contribution is 2.27. The number of hydrogen-bond acceptors (Lipinski definition) is 5. The summed E-state index contributed by atoms with van der Waals surface area (Å²) in [6.07, 6.45) is 0. The number of carboxylic acid groups (broad SMARTS) is 1. The van der Waals surface area contributed by atoms with Gasteiger partial charge in [0.05, 0.1) is 0 Å². The van der Waals surface area contributed by atoms with Crippen LogP contribution in [-0.2, 0) is 0 Å². The van der Waals surface area contributed by atoms with Crippen LogP contribution in [0.15, 0.2) is 23.7 Å². The third-order valence-electron chi connectivity index (χ3n) is 1.71. The largest absolute Gasteiger partial charge is 0.478 e. The number of rotatable bonds is 3. The lowest BCUT2D eigenvalue weighted by atomic mass is 10.2. The van der Waals surface area contributed by atoms with Gasteiger partial charge in [-0.05, 0) is 40.8 Å². The molecule has 0 radical (unpaired) electrons. The van der Waals surface area contributed by atoms with E-state index in [-0.39, 0.29) is 11.3 Å². The minimum Gasteiger partial charge on any atom is -0.478 e. The third kappa shape index (κ3) is 2.47. The van der Waals surface area contributed by atoms with Crippen LogP contribution in [0.3, 0.4) is 0 Å². The lowest BCUT2D eigenvalue weighted by Gasteiger charge is -2.05.